The van der Waals surface area contributed by atoms with Gasteiger partial charge in [0, 0.05) is 99.5 Å². The normalized spacial score (nSPS) is 23.6. The Kier molecular flexibility index (Phi) is 10.4. The molecule has 5 aliphatic heterocycles. The highest BCUT2D eigenvalue weighted by Crippen LogP contribution is 2.42. The predicted molar refractivity (Wildman–Crippen MR) is 230 cm³/mol. The number of carbonyl (C=O) groups excluding carboxylic acids is 3. The van der Waals surface area contributed by atoms with Gasteiger partial charge in [0.2, 0.25) is 11.8 Å². The van der Waals surface area contributed by atoms with Crippen molar-refractivity contribution in [1.29, 1.82) is 0 Å². The van der Waals surface area contributed by atoms with Gasteiger partial charge in [0.25, 0.3) is 5.91 Å². The fourth-order valence-corrected chi connectivity index (χ4v) is 10.5. The fraction of sp³-hybridized carbons (Fsp3) is 0.565. The zero-order chi connectivity index (χ0) is 42.9. The molecule has 0 radical (unpaired) electrons. The number of hydrogen-bond donors (Lipinski definition) is 2. The van der Waals surface area contributed by atoms with Crippen LogP contribution in [-0.2, 0) is 16.1 Å². The maximum Gasteiger partial charge on any atom is 0.255 e. The molecule has 14 nitrogen and oxygen atoms in total. The van der Waals surface area contributed by atoms with Gasteiger partial charge in [-0.15, -0.1) is 0 Å². The van der Waals surface area contributed by atoms with Crippen molar-refractivity contribution in [2.45, 2.75) is 95.9 Å². The summed E-state index contributed by atoms with van der Waals surface area (Å²) in [6.07, 6.45) is 7.95. The molecule has 2 aromatic heterocycles. The summed E-state index contributed by atoms with van der Waals surface area (Å²) in [6.45, 7) is 15.3. The van der Waals surface area contributed by atoms with E-state index in [1.807, 2.05) is 13.0 Å². The summed E-state index contributed by atoms with van der Waals surface area (Å²) in [4.78, 5) is 57.7. The van der Waals surface area contributed by atoms with E-state index in [0.29, 0.717) is 45.6 Å². The maximum atomic E-state index is 16.1. The average molecular weight is 851 g/mol. The molecule has 1 saturated carbocycles. The molecule has 6 aliphatic rings. The number of halogens is 2. The van der Waals surface area contributed by atoms with Gasteiger partial charge < -0.3 is 19.4 Å². The zero-order valence-corrected chi connectivity index (χ0v) is 35.9. The number of H-pyrrole nitrogens is 1. The standard InChI is InChI=1S/C46H56F2N10O4/c1-45(2)26-54(23-28-10-16-56(17-11-28)39-22-35(49-27-50-39)42-31-20-38(62-46(3)12-13-46)33(47)21-34(31)52-53-42)18-19-57(45)24-29-8-14-55(15-9-29)36-5-4-30-32(41(36)48)25-58(44(30)61)37-6-7-40(59)51-43(37)60/h4-5,20-22,27-29,37H,6-19,23-26H2,1-3H3,(H,52,53)(H,51,59,60). The number of piperidine rings is 3. The van der Waals surface area contributed by atoms with Crippen LogP contribution in [0.25, 0.3) is 22.3 Å². The molecule has 1 unspecified atom stereocenters. The number of anilines is 2. The van der Waals surface area contributed by atoms with Crippen molar-refractivity contribution < 1.29 is 27.9 Å². The minimum absolute atomic E-state index is 0.0332. The molecule has 2 aromatic carbocycles. The highest BCUT2D eigenvalue weighted by Gasteiger charge is 2.43. The molecule has 10 rings (SSSR count). The molecule has 2 N–H and O–H groups in total. The Morgan fingerprint density at radius 2 is 1.60 bits per heavy atom. The molecule has 5 fully saturated rings. The number of hydrogen-bond acceptors (Lipinski definition) is 11. The Balaban J connectivity index is 0.696. The van der Waals surface area contributed by atoms with E-state index in [1.54, 1.807) is 24.5 Å². The van der Waals surface area contributed by atoms with Crippen LogP contribution in [-0.4, -0.2) is 129 Å². The van der Waals surface area contributed by atoms with Gasteiger partial charge in [0.15, 0.2) is 17.4 Å². The number of nitrogens with one attached hydrogen (secondary N) is 2. The zero-order valence-electron chi connectivity index (χ0n) is 35.9. The van der Waals surface area contributed by atoms with Crippen molar-refractivity contribution >= 4 is 40.1 Å². The van der Waals surface area contributed by atoms with Gasteiger partial charge in [-0.25, -0.2) is 18.7 Å². The van der Waals surface area contributed by atoms with Crippen LogP contribution in [0, 0.1) is 23.5 Å². The molecule has 1 atom stereocenters. The molecule has 3 amide bonds. The first kappa shape index (κ1) is 40.8. The molecule has 328 valence electrons. The summed E-state index contributed by atoms with van der Waals surface area (Å²) in [5, 5.41) is 10.6. The molecule has 62 heavy (non-hydrogen) atoms. The number of piperazine rings is 1. The van der Waals surface area contributed by atoms with Crippen LogP contribution in [0.1, 0.15) is 88.1 Å². The molecule has 0 spiro atoms. The Labute approximate surface area is 360 Å². The Bertz CT molecular complexity index is 2400. The van der Waals surface area contributed by atoms with Crippen molar-refractivity contribution in [2.75, 3.05) is 68.7 Å². The lowest BCUT2D eigenvalue weighted by Crippen LogP contribution is -2.61. The number of fused-ring (bicyclic) bond motifs is 2. The number of benzene rings is 2. The van der Waals surface area contributed by atoms with Crippen molar-refractivity contribution in [2.24, 2.45) is 11.8 Å². The molecule has 16 heteroatoms. The number of amides is 3. The fourth-order valence-electron chi connectivity index (χ4n) is 10.5. The van der Waals surface area contributed by atoms with E-state index in [1.165, 1.54) is 11.0 Å². The predicted octanol–water partition coefficient (Wildman–Crippen LogP) is 5.52. The molecule has 4 saturated heterocycles. The molecular weight excluding hydrogens is 795 g/mol. The maximum absolute atomic E-state index is 16.1. The van der Waals surface area contributed by atoms with Gasteiger partial charge in [-0.05, 0) is 95.8 Å². The van der Waals surface area contributed by atoms with Crippen LogP contribution in [0.3, 0.4) is 0 Å². The van der Waals surface area contributed by atoms with E-state index in [0.717, 1.165) is 109 Å². The largest absolute Gasteiger partial charge is 0.484 e. The quantitative estimate of drug-likeness (QED) is 0.195. The van der Waals surface area contributed by atoms with E-state index in [4.69, 9.17) is 4.74 Å². The van der Waals surface area contributed by atoms with Crippen LogP contribution in [0.4, 0.5) is 20.3 Å². The Morgan fingerprint density at radius 1 is 0.855 bits per heavy atom. The van der Waals surface area contributed by atoms with E-state index in [-0.39, 0.29) is 53.9 Å². The first-order chi connectivity index (χ1) is 29.8. The van der Waals surface area contributed by atoms with Crippen molar-refractivity contribution in [3.8, 4) is 17.1 Å². The van der Waals surface area contributed by atoms with Gasteiger partial charge in [0.1, 0.15) is 29.5 Å². The summed E-state index contributed by atoms with van der Waals surface area (Å²) >= 11 is 0. The number of nitrogens with zero attached hydrogens (tertiary/aromatic N) is 8. The topological polar surface area (TPSA) is 143 Å². The minimum Gasteiger partial charge on any atom is -0.484 e. The lowest BCUT2D eigenvalue weighted by atomic mass is 9.90. The van der Waals surface area contributed by atoms with Crippen LogP contribution < -0.4 is 19.9 Å². The molecular formula is C46H56F2N10O4. The lowest BCUT2D eigenvalue weighted by Gasteiger charge is -2.50. The number of rotatable bonds is 10. The average Bonchev–Trinajstić information content (AvgIpc) is 3.69. The first-order valence-electron chi connectivity index (χ1n) is 22.4. The second kappa shape index (κ2) is 15.8. The Morgan fingerprint density at radius 3 is 2.32 bits per heavy atom. The van der Waals surface area contributed by atoms with E-state index in [9.17, 15) is 18.8 Å². The monoisotopic (exact) mass is 850 g/mol. The second-order valence-electron chi connectivity index (χ2n) is 19.4. The number of carbonyl (C=O) groups is 3. The third kappa shape index (κ3) is 7.88. The third-order valence-corrected chi connectivity index (χ3v) is 14.5. The minimum atomic E-state index is -0.764. The second-order valence-corrected chi connectivity index (χ2v) is 19.4. The summed E-state index contributed by atoms with van der Waals surface area (Å²) < 4.78 is 36.9. The molecule has 1 aliphatic carbocycles. The van der Waals surface area contributed by atoms with Crippen molar-refractivity contribution in [1.82, 2.24) is 40.2 Å². The molecule has 7 heterocycles. The van der Waals surface area contributed by atoms with Gasteiger partial charge >= 0.3 is 0 Å². The van der Waals surface area contributed by atoms with Crippen LogP contribution >= 0.6 is 0 Å². The van der Waals surface area contributed by atoms with Crippen molar-refractivity contribution in [3.63, 3.8) is 0 Å². The summed E-state index contributed by atoms with van der Waals surface area (Å²) in [5.41, 5.74) is 2.85. The van der Waals surface area contributed by atoms with Gasteiger partial charge in [0.05, 0.1) is 23.4 Å². The van der Waals surface area contributed by atoms with Crippen LogP contribution in [0.2, 0.25) is 0 Å². The number of aromatic nitrogens is 4. The highest BCUT2D eigenvalue weighted by molar-refractivity contribution is 6.05. The number of imide groups is 1. The summed E-state index contributed by atoms with van der Waals surface area (Å²) in [6, 6.07) is 7.82. The summed E-state index contributed by atoms with van der Waals surface area (Å²) in [7, 11) is 0. The summed E-state index contributed by atoms with van der Waals surface area (Å²) in [5.74, 6) is 0.275. The van der Waals surface area contributed by atoms with Gasteiger partial charge in [-0.1, -0.05) is 0 Å². The van der Waals surface area contributed by atoms with Crippen LogP contribution in [0.5, 0.6) is 5.75 Å². The smallest absolute Gasteiger partial charge is 0.255 e. The highest BCUT2D eigenvalue weighted by atomic mass is 19.1. The number of aromatic amines is 1. The van der Waals surface area contributed by atoms with E-state index in [2.05, 4.69) is 58.9 Å². The SMILES string of the molecule is CC1(Oc2cc3c(-c4cc(N5CCC(CN6CCN(CC7CCN(c8ccc9c(c8F)CN(C8CCC(=O)NC8=O)C9=O)CC7)C(C)(C)C6)CC5)ncn4)n[nH]c3cc2F)CC1. The molecule has 4 aromatic rings. The first-order valence-corrected chi connectivity index (χ1v) is 22.4. The third-order valence-electron chi connectivity index (χ3n) is 14.5. The number of ether oxygens (including phenoxy) is 1. The van der Waals surface area contributed by atoms with E-state index < -0.39 is 17.8 Å². The Hall–Kier alpha value is -5.22. The van der Waals surface area contributed by atoms with Gasteiger partial charge in [-0.2, -0.15) is 5.10 Å². The molecule has 0 bridgehead atoms. The van der Waals surface area contributed by atoms with Gasteiger partial charge in [-0.3, -0.25) is 34.6 Å². The van der Waals surface area contributed by atoms with Crippen molar-refractivity contribution in [3.05, 3.63) is 59.4 Å². The van der Waals surface area contributed by atoms with Crippen LogP contribution in [0.15, 0.2) is 36.7 Å². The lowest BCUT2D eigenvalue weighted by molar-refractivity contribution is -0.136. The van der Waals surface area contributed by atoms with E-state index >= 15 is 4.39 Å².